The van der Waals surface area contributed by atoms with Gasteiger partial charge in [0.1, 0.15) is 0 Å². The van der Waals surface area contributed by atoms with Gasteiger partial charge in [-0.1, -0.05) is 45.9 Å². The van der Waals surface area contributed by atoms with Gasteiger partial charge in [-0.3, -0.25) is 0 Å². The maximum absolute atomic E-state index is 4.08. The van der Waals surface area contributed by atoms with E-state index < -0.39 is 0 Å². The summed E-state index contributed by atoms with van der Waals surface area (Å²) in [5.74, 6) is 1.17. The molecule has 0 spiro atoms. The highest BCUT2D eigenvalue weighted by Gasteiger charge is 2.11. The van der Waals surface area contributed by atoms with Gasteiger partial charge in [0.25, 0.3) is 0 Å². The van der Waals surface area contributed by atoms with Crippen LogP contribution in [0.1, 0.15) is 56.2 Å². The number of hydrogen-bond acceptors (Lipinski definition) is 0. The minimum absolute atomic E-state index is 0.575. The first-order valence-electron chi connectivity index (χ1n) is 4.98. The van der Waals surface area contributed by atoms with Gasteiger partial charge in [0, 0.05) is 0 Å². The van der Waals surface area contributed by atoms with Crippen molar-refractivity contribution < 1.29 is 0 Å². The molecule has 0 saturated carbocycles. The van der Waals surface area contributed by atoms with E-state index in [-0.39, 0.29) is 0 Å². The minimum atomic E-state index is 0.575. The molecule has 0 fully saturated rings. The Bertz CT molecular complexity index is 282. The molecule has 0 atom stereocenters. The average molecular weight is 175 g/mol. The molecule has 0 N–H and O–H groups in total. The van der Waals surface area contributed by atoms with E-state index >= 15 is 0 Å². The van der Waals surface area contributed by atoms with Crippen molar-refractivity contribution in [1.29, 1.82) is 0 Å². The Balaban J connectivity index is 3.26. The van der Waals surface area contributed by atoms with E-state index in [1.54, 1.807) is 0 Å². The smallest absolute Gasteiger partial charge is 0.0213 e. The van der Waals surface area contributed by atoms with Crippen LogP contribution < -0.4 is 0 Å². The molecule has 0 heterocycles. The first-order valence-corrected chi connectivity index (χ1v) is 4.98. The van der Waals surface area contributed by atoms with E-state index in [0.717, 1.165) is 0 Å². The molecule has 0 aliphatic carbocycles. The van der Waals surface area contributed by atoms with E-state index in [1.165, 1.54) is 16.7 Å². The third-order valence-electron chi connectivity index (χ3n) is 2.43. The molecule has 0 unspecified atom stereocenters. The topological polar surface area (TPSA) is 0 Å². The Morgan fingerprint density at radius 3 is 2.00 bits per heavy atom. The van der Waals surface area contributed by atoms with E-state index in [0.29, 0.717) is 11.8 Å². The third kappa shape index (κ3) is 2.12. The van der Waals surface area contributed by atoms with E-state index in [2.05, 4.69) is 52.8 Å². The molecule has 71 valence electrons. The van der Waals surface area contributed by atoms with Crippen molar-refractivity contribution in [1.82, 2.24) is 0 Å². The van der Waals surface area contributed by atoms with Crippen LogP contribution in [0.15, 0.2) is 18.2 Å². The second kappa shape index (κ2) is 3.95. The van der Waals surface area contributed by atoms with Gasteiger partial charge in [0.15, 0.2) is 0 Å². The Kier molecular flexibility index (Phi) is 3.13. The van der Waals surface area contributed by atoms with Crippen molar-refractivity contribution in [3.8, 4) is 0 Å². The lowest BCUT2D eigenvalue weighted by Crippen LogP contribution is -2.00. The van der Waals surface area contributed by atoms with Gasteiger partial charge < -0.3 is 0 Å². The molecule has 1 rings (SSSR count). The fraction of sp³-hybridized carbons (Fsp3) is 0.462. The lowest BCUT2D eigenvalue weighted by atomic mass is 9.87. The predicted molar refractivity (Wildman–Crippen MR) is 59.1 cm³/mol. The van der Waals surface area contributed by atoms with Crippen LogP contribution in [-0.2, 0) is 0 Å². The quantitative estimate of drug-likeness (QED) is 0.634. The highest BCUT2D eigenvalue weighted by atomic mass is 14.2. The molecular formula is C13H19. The highest BCUT2D eigenvalue weighted by Crippen LogP contribution is 2.28. The van der Waals surface area contributed by atoms with Crippen molar-refractivity contribution in [2.45, 2.75) is 39.5 Å². The molecule has 1 aromatic rings. The largest absolute Gasteiger partial charge is 0.0617 e. The Morgan fingerprint density at radius 1 is 1.00 bits per heavy atom. The van der Waals surface area contributed by atoms with Crippen LogP contribution in [0.4, 0.5) is 0 Å². The molecule has 1 radical (unpaired) electrons. The molecule has 13 heavy (non-hydrogen) atoms. The summed E-state index contributed by atoms with van der Waals surface area (Å²) >= 11 is 0. The maximum atomic E-state index is 4.08. The van der Waals surface area contributed by atoms with Crippen molar-refractivity contribution in [2.24, 2.45) is 0 Å². The first kappa shape index (κ1) is 10.3. The van der Waals surface area contributed by atoms with Gasteiger partial charge >= 0.3 is 0 Å². The molecule has 0 amide bonds. The Morgan fingerprint density at radius 2 is 1.62 bits per heavy atom. The van der Waals surface area contributed by atoms with Crippen LogP contribution in [-0.4, -0.2) is 0 Å². The first-order chi connectivity index (χ1) is 6.04. The van der Waals surface area contributed by atoms with Crippen LogP contribution in [0, 0.1) is 6.92 Å². The highest BCUT2D eigenvalue weighted by molar-refractivity contribution is 5.40. The Labute approximate surface area is 82.0 Å². The summed E-state index contributed by atoms with van der Waals surface area (Å²) in [6.07, 6.45) is 0. The fourth-order valence-corrected chi connectivity index (χ4v) is 1.84. The van der Waals surface area contributed by atoms with Crippen molar-refractivity contribution >= 4 is 0 Å². The van der Waals surface area contributed by atoms with Gasteiger partial charge in [-0.05, 0) is 35.4 Å². The van der Waals surface area contributed by atoms with Crippen LogP contribution in [0.25, 0.3) is 0 Å². The lowest BCUT2D eigenvalue weighted by Gasteiger charge is -2.18. The number of benzene rings is 1. The molecular weight excluding hydrogens is 156 g/mol. The molecule has 0 heteroatoms. The van der Waals surface area contributed by atoms with E-state index in [1.807, 2.05) is 0 Å². The molecule has 0 nitrogen and oxygen atoms in total. The number of rotatable bonds is 2. The third-order valence-corrected chi connectivity index (χ3v) is 2.43. The van der Waals surface area contributed by atoms with Gasteiger partial charge in [-0.15, -0.1) is 0 Å². The molecule has 0 bridgehead atoms. The zero-order valence-electron chi connectivity index (χ0n) is 9.09. The fourth-order valence-electron chi connectivity index (χ4n) is 1.84. The zero-order valence-corrected chi connectivity index (χ0v) is 9.09. The maximum Gasteiger partial charge on any atom is -0.0213 e. The average Bonchev–Trinajstić information content (AvgIpc) is 2.02. The molecule has 0 aliphatic heterocycles. The van der Waals surface area contributed by atoms with E-state index in [9.17, 15) is 0 Å². The van der Waals surface area contributed by atoms with Crippen LogP contribution >= 0.6 is 0 Å². The minimum Gasteiger partial charge on any atom is -0.0617 e. The summed E-state index contributed by atoms with van der Waals surface area (Å²) in [6, 6.07) is 6.42. The summed E-state index contributed by atoms with van der Waals surface area (Å²) in [6.45, 7) is 13.0. The predicted octanol–water partition coefficient (Wildman–Crippen LogP) is 4.12. The SMILES string of the molecule is [CH2]c1cccc(C(C)C)c1C(C)C. The number of hydrogen-bond donors (Lipinski definition) is 0. The van der Waals surface area contributed by atoms with Crippen molar-refractivity contribution in [2.75, 3.05) is 0 Å². The molecule has 0 saturated heterocycles. The van der Waals surface area contributed by atoms with Crippen LogP contribution in [0.5, 0.6) is 0 Å². The second-order valence-corrected chi connectivity index (χ2v) is 4.23. The summed E-state index contributed by atoms with van der Waals surface area (Å²) in [5.41, 5.74) is 4.06. The van der Waals surface area contributed by atoms with Crippen molar-refractivity contribution in [3.63, 3.8) is 0 Å². The summed E-state index contributed by atoms with van der Waals surface area (Å²) < 4.78 is 0. The summed E-state index contributed by atoms with van der Waals surface area (Å²) in [4.78, 5) is 0. The van der Waals surface area contributed by atoms with Gasteiger partial charge in [0.2, 0.25) is 0 Å². The Hall–Kier alpha value is -0.780. The van der Waals surface area contributed by atoms with Gasteiger partial charge in [-0.25, -0.2) is 0 Å². The lowest BCUT2D eigenvalue weighted by molar-refractivity contribution is 0.786. The van der Waals surface area contributed by atoms with Crippen LogP contribution in [0.2, 0.25) is 0 Å². The normalized spacial score (nSPS) is 11.3. The van der Waals surface area contributed by atoms with Gasteiger partial charge in [-0.2, -0.15) is 0 Å². The zero-order chi connectivity index (χ0) is 10.0. The standard InChI is InChI=1S/C13H19/c1-9(2)12-8-6-7-11(5)13(12)10(3)4/h6-10H,5H2,1-4H3. The van der Waals surface area contributed by atoms with Gasteiger partial charge in [0.05, 0.1) is 0 Å². The molecule has 1 aromatic carbocycles. The summed E-state index contributed by atoms with van der Waals surface area (Å²) in [7, 11) is 0. The second-order valence-electron chi connectivity index (χ2n) is 4.23. The van der Waals surface area contributed by atoms with E-state index in [4.69, 9.17) is 0 Å². The monoisotopic (exact) mass is 175 g/mol. The van der Waals surface area contributed by atoms with Crippen molar-refractivity contribution in [3.05, 3.63) is 41.8 Å². The molecule has 0 aromatic heterocycles. The summed E-state index contributed by atoms with van der Waals surface area (Å²) in [5, 5.41) is 0. The van der Waals surface area contributed by atoms with Crippen LogP contribution in [0.3, 0.4) is 0 Å². The molecule has 0 aliphatic rings.